The molecule has 2 N–H and O–H groups in total. The molecule has 0 aliphatic heterocycles. The lowest BCUT2D eigenvalue weighted by Gasteiger charge is -2.14. The molecule has 0 aliphatic rings. The van der Waals surface area contributed by atoms with Crippen molar-refractivity contribution in [2.45, 2.75) is 17.3 Å². The summed E-state index contributed by atoms with van der Waals surface area (Å²) in [5.41, 5.74) is 2.53. The number of benzene rings is 1. The zero-order valence-electron chi connectivity index (χ0n) is 20.8. The van der Waals surface area contributed by atoms with Crippen molar-refractivity contribution in [3.63, 3.8) is 0 Å². The first-order valence-corrected chi connectivity index (χ1v) is 15.1. The molecule has 40 heavy (non-hydrogen) atoms. The summed E-state index contributed by atoms with van der Waals surface area (Å²) in [6.45, 7) is 0.524. The Balaban J connectivity index is 1.50. The number of ether oxygens (including phenoxy) is 2. The van der Waals surface area contributed by atoms with E-state index in [1.165, 1.54) is 30.7 Å². The molecule has 0 saturated carbocycles. The summed E-state index contributed by atoms with van der Waals surface area (Å²) in [5, 5.41) is 5.78. The molecule has 0 atom stereocenters. The third kappa shape index (κ3) is 8.17. The van der Waals surface area contributed by atoms with Crippen molar-refractivity contribution in [1.29, 1.82) is 0 Å². The lowest BCUT2D eigenvalue weighted by Crippen LogP contribution is -2.32. The van der Waals surface area contributed by atoms with Gasteiger partial charge in [0.2, 0.25) is 11.8 Å². The van der Waals surface area contributed by atoms with Crippen molar-refractivity contribution < 1.29 is 35.9 Å². The molecule has 0 saturated heterocycles. The van der Waals surface area contributed by atoms with Gasteiger partial charge >= 0.3 is 6.36 Å². The smallest absolute Gasteiger partial charge is 0.439 e. The van der Waals surface area contributed by atoms with E-state index in [-0.39, 0.29) is 18.2 Å². The number of amides is 1. The highest BCUT2D eigenvalue weighted by molar-refractivity contribution is 14.1. The summed E-state index contributed by atoms with van der Waals surface area (Å²) >= 11 is 2.12. The van der Waals surface area contributed by atoms with Crippen LogP contribution in [0.4, 0.5) is 24.7 Å². The van der Waals surface area contributed by atoms with E-state index in [1.807, 2.05) is 4.57 Å². The maximum atomic E-state index is 12.6. The Kier molecular flexibility index (Phi) is 8.97. The van der Waals surface area contributed by atoms with Crippen LogP contribution in [0.5, 0.6) is 17.4 Å². The Hall–Kier alpha value is -3.67. The zero-order valence-corrected chi connectivity index (χ0v) is 23.7. The Morgan fingerprint density at radius 1 is 1.12 bits per heavy atom. The van der Waals surface area contributed by atoms with Crippen LogP contribution in [0.1, 0.15) is 5.56 Å². The van der Waals surface area contributed by atoms with Gasteiger partial charge in [-0.1, -0.05) is 28.7 Å². The third-order valence-electron chi connectivity index (χ3n) is 5.20. The number of halogens is 4. The quantitative estimate of drug-likeness (QED) is 0.174. The van der Waals surface area contributed by atoms with Gasteiger partial charge in [-0.05, 0) is 24.3 Å². The van der Waals surface area contributed by atoms with Crippen molar-refractivity contribution in [3.8, 4) is 17.4 Å². The predicted octanol–water partition coefficient (Wildman–Crippen LogP) is 4.36. The highest BCUT2D eigenvalue weighted by Crippen LogP contribution is 2.32. The average Bonchev–Trinajstić information content (AvgIpc) is 3.27. The minimum Gasteiger partial charge on any atom is -0.439 e. The number of carbonyl (C=O) groups is 1. The maximum Gasteiger partial charge on any atom is 0.573 e. The van der Waals surface area contributed by atoms with Crippen LogP contribution in [0.2, 0.25) is 0 Å². The molecular weight excluding hydrogens is 668 g/mol. The lowest BCUT2D eigenvalue weighted by molar-refractivity contribution is -0.274. The molecule has 212 valence electrons. The van der Waals surface area contributed by atoms with E-state index in [2.05, 4.69) is 52.9 Å². The number of aromatic nitrogens is 4. The largest absolute Gasteiger partial charge is 0.573 e. The summed E-state index contributed by atoms with van der Waals surface area (Å²) in [6, 6.07) is 8.71. The van der Waals surface area contributed by atoms with E-state index in [1.54, 1.807) is 18.3 Å². The minimum atomic E-state index is -4.82. The molecular formula is C24H22F3IN6O5S. The van der Waals surface area contributed by atoms with Crippen molar-refractivity contribution in [2.75, 3.05) is 23.9 Å². The van der Waals surface area contributed by atoms with Gasteiger partial charge < -0.3 is 24.7 Å². The maximum absolute atomic E-state index is 12.6. The highest BCUT2D eigenvalue weighted by Gasteiger charge is 2.31. The molecule has 0 radical (unpaired) electrons. The Bertz CT molecular complexity index is 1630. The first kappa shape index (κ1) is 29.3. The number of pyridine rings is 1. The topological polar surface area (TPSA) is 137 Å². The molecule has 3 aromatic heterocycles. The molecule has 0 aliphatic carbocycles. The normalized spacial score (nSPS) is 11.8. The second kappa shape index (κ2) is 12.2. The summed E-state index contributed by atoms with van der Waals surface area (Å²) in [5.74, 6) is -0.791. The van der Waals surface area contributed by atoms with E-state index in [4.69, 9.17) is 4.74 Å². The minimum absolute atomic E-state index is 0.125. The van der Waals surface area contributed by atoms with E-state index >= 15 is 0 Å². The van der Waals surface area contributed by atoms with Crippen molar-refractivity contribution >= 4 is 60.9 Å². The fraction of sp³-hybridized carbons (Fsp3) is 0.250. The van der Waals surface area contributed by atoms with Crippen LogP contribution in [0.25, 0.3) is 11.0 Å². The van der Waals surface area contributed by atoms with Crippen LogP contribution in [0.3, 0.4) is 0 Å². The Morgan fingerprint density at radius 2 is 1.90 bits per heavy atom. The van der Waals surface area contributed by atoms with Gasteiger partial charge in [0, 0.05) is 41.6 Å². The second-order valence-electron chi connectivity index (χ2n) is 8.46. The van der Waals surface area contributed by atoms with Crippen molar-refractivity contribution in [2.24, 2.45) is 0 Å². The predicted molar refractivity (Wildman–Crippen MR) is 149 cm³/mol. The van der Waals surface area contributed by atoms with Crippen LogP contribution in [0.15, 0.2) is 55.1 Å². The fourth-order valence-corrected chi connectivity index (χ4v) is 4.78. The third-order valence-corrected chi connectivity index (χ3v) is 6.81. The van der Waals surface area contributed by atoms with E-state index < -0.39 is 33.6 Å². The second-order valence-corrected chi connectivity index (χ2v) is 11.4. The Labute approximate surface area is 240 Å². The van der Waals surface area contributed by atoms with E-state index in [0.717, 1.165) is 12.3 Å². The van der Waals surface area contributed by atoms with Gasteiger partial charge in [0.25, 0.3) is 0 Å². The Morgan fingerprint density at radius 3 is 2.62 bits per heavy atom. The van der Waals surface area contributed by atoms with Gasteiger partial charge in [0.15, 0.2) is 15.7 Å². The average molecular weight is 690 g/mol. The zero-order chi connectivity index (χ0) is 28.9. The van der Waals surface area contributed by atoms with Crippen molar-refractivity contribution in [1.82, 2.24) is 24.8 Å². The number of hydrogen-bond donors (Lipinski definition) is 2. The number of anilines is 2. The monoisotopic (exact) mass is 690 g/mol. The van der Waals surface area contributed by atoms with Crippen LogP contribution < -0.4 is 20.1 Å². The van der Waals surface area contributed by atoms with Crippen LogP contribution in [-0.2, 0) is 25.6 Å². The molecule has 0 fully saturated rings. The summed E-state index contributed by atoms with van der Waals surface area (Å²) in [4.78, 5) is 24.8. The number of fused-ring (bicyclic) bond motifs is 1. The summed E-state index contributed by atoms with van der Waals surface area (Å²) < 4.78 is 72.3. The van der Waals surface area contributed by atoms with Gasteiger partial charge in [-0.2, -0.15) is 0 Å². The molecule has 0 spiro atoms. The van der Waals surface area contributed by atoms with E-state index in [9.17, 15) is 26.4 Å². The van der Waals surface area contributed by atoms with Gasteiger partial charge in [-0.15, -0.1) is 13.2 Å². The number of sulfone groups is 1. The number of nitrogens with one attached hydrogen (secondary N) is 2. The lowest BCUT2D eigenvalue weighted by atomic mass is 10.2. The molecule has 3 heterocycles. The number of nitrogens with zero attached hydrogens (tertiary/aromatic N) is 4. The highest BCUT2D eigenvalue weighted by atomic mass is 127. The van der Waals surface area contributed by atoms with Gasteiger partial charge in [0.05, 0.1) is 17.4 Å². The van der Waals surface area contributed by atoms with Crippen LogP contribution in [-0.4, -0.2) is 58.8 Å². The molecule has 0 bridgehead atoms. The number of rotatable bonds is 11. The van der Waals surface area contributed by atoms with Crippen molar-refractivity contribution in [3.05, 3.63) is 60.7 Å². The molecule has 0 unspecified atom stereocenters. The SMILES string of the molecule is CS(=O)(=O)CC(=O)NCCn1ccc2ncnc(Nc3cnc(Oc4cccc(OC(F)(F)F)c4)c(CI)c3)c21. The summed E-state index contributed by atoms with van der Waals surface area (Å²) in [6.07, 6.45) is 0.825. The van der Waals surface area contributed by atoms with Gasteiger partial charge in [-0.25, -0.2) is 23.4 Å². The first-order valence-electron chi connectivity index (χ1n) is 11.5. The molecule has 4 rings (SSSR count). The van der Waals surface area contributed by atoms with Crippen LogP contribution in [0, 0.1) is 0 Å². The molecule has 1 aromatic carbocycles. The standard InChI is InChI=1S/C24H22F3IN6O5S/c1-40(36,37)13-20(35)29-6-8-34-7-5-19-21(34)22(32-14-31-19)33-16-9-15(11-28)23(30-12-16)38-17-3-2-4-18(10-17)39-24(25,26)27/h2-5,7,9-10,12,14H,6,8,11,13H2,1H3,(H,29,35)(H,31,32,33). The number of hydrogen-bond acceptors (Lipinski definition) is 9. The van der Waals surface area contributed by atoms with Crippen LogP contribution >= 0.6 is 22.6 Å². The molecule has 11 nitrogen and oxygen atoms in total. The first-order chi connectivity index (χ1) is 18.9. The van der Waals surface area contributed by atoms with Gasteiger partial charge in [0.1, 0.15) is 29.1 Å². The molecule has 16 heteroatoms. The number of carbonyl (C=O) groups excluding carboxylic acids is 1. The van der Waals surface area contributed by atoms with Gasteiger partial charge in [-0.3, -0.25) is 4.79 Å². The summed E-state index contributed by atoms with van der Waals surface area (Å²) in [7, 11) is -3.43. The van der Waals surface area contributed by atoms with E-state index in [0.29, 0.717) is 39.1 Å². The fourth-order valence-electron chi connectivity index (χ4n) is 3.65. The number of alkyl halides is 4. The molecule has 1 amide bonds. The molecule has 4 aromatic rings.